The van der Waals surface area contributed by atoms with Gasteiger partial charge in [-0.1, -0.05) is 6.07 Å². The number of nitrogens with one attached hydrogen (secondary N) is 1. The molecular weight excluding hydrogens is 326 g/mol. The van der Waals surface area contributed by atoms with Gasteiger partial charge in [0.25, 0.3) is 5.91 Å². The first-order valence-electron chi connectivity index (χ1n) is 6.18. The van der Waals surface area contributed by atoms with Gasteiger partial charge in [0.05, 0.1) is 6.54 Å². The van der Waals surface area contributed by atoms with E-state index in [0.717, 1.165) is 6.42 Å². The van der Waals surface area contributed by atoms with Crippen LogP contribution in [0.25, 0.3) is 0 Å². The highest BCUT2D eigenvalue weighted by atomic mass is 79.9. The molecule has 1 N–H and O–H groups in total. The van der Waals surface area contributed by atoms with Crippen molar-refractivity contribution in [2.24, 2.45) is 0 Å². The number of rotatable bonds is 7. The summed E-state index contributed by atoms with van der Waals surface area (Å²) in [6.45, 7) is 1.13. The van der Waals surface area contributed by atoms with Crippen molar-refractivity contribution in [1.82, 2.24) is 15.2 Å². The maximum atomic E-state index is 12.1. The van der Waals surface area contributed by atoms with Crippen LogP contribution < -0.4 is 5.32 Å². The quantitative estimate of drug-likeness (QED) is 0.593. The minimum Gasteiger partial charge on any atom is -0.385 e. The zero-order valence-electron chi connectivity index (χ0n) is 11.6. The van der Waals surface area contributed by atoms with Crippen LogP contribution in [0.2, 0.25) is 0 Å². The molecule has 6 nitrogen and oxygen atoms in total. The number of carbonyl (C=O) groups is 2. The van der Waals surface area contributed by atoms with Crippen molar-refractivity contribution < 1.29 is 14.3 Å². The molecule has 0 aliphatic rings. The van der Waals surface area contributed by atoms with E-state index < -0.39 is 0 Å². The van der Waals surface area contributed by atoms with Crippen LogP contribution in [0.1, 0.15) is 16.9 Å². The number of hydrogen-bond donors (Lipinski definition) is 1. The third-order valence-electron chi connectivity index (χ3n) is 2.51. The van der Waals surface area contributed by atoms with E-state index in [2.05, 4.69) is 26.2 Å². The van der Waals surface area contributed by atoms with Gasteiger partial charge in [-0.3, -0.25) is 9.59 Å². The van der Waals surface area contributed by atoms with Gasteiger partial charge in [0.2, 0.25) is 5.91 Å². The Morgan fingerprint density at radius 2 is 2.20 bits per heavy atom. The summed E-state index contributed by atoms with van der Waals surface area (Å²) in [4.78, 5) is 29.1. The Labute approximate surface area is 126 Å². The molecule has 2 amide bonds. The van der Waals surface area contributed by atoms with E-state index in [1.54, 1.807) is 32.4 Å². The average Bonchev–Trinajstić information content (AvgIpc) is 2.42. The van der Waals surface area contributed by atoms with Gasteiger partial charge >= 0.3 is 0 Å². The van der Waals surface area contributed by atoms with Gasteiger partial charge in [-0.05, 0) is 34.5 Å². The molecule has 0 unspecified atom stereocenters. The minimum absolute atomic E-state index is 0.00000874. The fourth-order valence-corrected chi connectivity index (χ4v) is 1.85. The second-order valence-corrected chi connectivity index (χ2v) is 5.02. The number of methoxy groups -OCH3 is 1. The second kappa shape index (κ2) is 8.65. The summed E-state index contributed by atoms with van der Waals surface area (Å²) in [5.41, 5.74) is 0.300. The first-order valence-corrected chi connectivity index (χ1v) is 6.97. The van der Waals surface area contributed by atoms with Gasteiger partial charge in [0.15, 0.2) is 0 Å². The Morgan fingerprint density at radius 1 is 1.45 bits per heavy atom. The van der Waals surface area contributed by atoms with Gasteiger partial charge in [0, 0.05) is 27.3 Å². The lowest BCUT2D eigenvalue weighted by Crippen LogP contribution is -2.39. The zero-order valence-corrected chi connectivity index (χ0v) is 13.1. The van der Waals surface area contributed by atoms with Crippen LogP contribution >= 0.6 is 15.9 Å². The molecule has 0 aliphatic carbocycles. The van der Waals surface area contributed by atoms with Crippen molar-refractivity contribution in [3.05, 3.63) is 28.5 Å². The highest BCUT2D eigenvalue weighted by Gasteiger charge is 2.15. The van der Waals surface area contributed by atoms with E-state index in [-0.39, 0.29) is 18.4 Å². The molecule has 110 valence electrons. The average molecular weight is 344 g/mol. The van der Waals surface area contributed by atoms with Crippen molar-refractivity contribution in [3.63, 3.8) is 0 Å². The van der Waals surface area contributed by atoms with Crippen LogP contribution in [0.3, 0.4) is 0 Å². The number of hydrogen-bond acceptors (Lipinski definition) is 4. The molecule has 0 saturated carbocycles. The Bertz CT molecular complexity index is 468. The molecular formula is C13H18BrN3O3. The number of amides is 2. The molecule has 1 heterocycles. The molecule has 0 radical (unpaired) electrons. The molecule has 0 spiro atoms. The monoisotopic (exact) mass is 343 g/mol. The topological polar surface area (TPSA) is 71.5 Å². The Balaban J connectivity index is 2.43. The molecule has 1 aromatic heterocycles. The van der Waals surface area contributed by atoms with Crippen LogP contribution in [0, 0.1) is 0 Å². The molecule has 0 fully saturated rings. The predicted molar refractivity (Wildman–Crippen MR) is 78.4 cm³/mol. The molecule has 1 aromatic rings. The lowest BCUT2D eigenvalue weighted by Gasteiger charge is -2.16. The second-order valence-electron chi connectivity index (χ2n) is 4.20. The Kier molecular flexibility index (Phi) is 7.17. The molecule has 0 saturated heterocycles. The standard InChI is InChI=1S/C13H18BrN3O3/c1-17(9-12(18)15-7-4-8-20-2)13(19)10-5-3-6-11(14)16-10/h3,5-6H,4,7-9H2,1-2H3,(H,15,18). The Hall–Kier alpha value is -1.47. The van der Waals surface area contributed by atoms with E-state index in [9.17, 15) is 9.59 Å². The van der Waals surface area contributed by atoms with Gasteiger partial charge in [-0.15, -0.1) is 0 Å². The molecule has 7 heteroatoms. The van der Waals surface area contributed by atoms with Crippen LogP contribution in [0.15, 0.2) is 22.8 Å². The Morgan fingerprint density at radius 3 is 2.85 bits per heavy atom. The van der Waals surface area contributed by atoms with Crippen molar-refractivity contribution >= 4 is 27.7 Å². The SMILES string of the molecule is COCCCNC(=O)CN(C)C(=O)c1cccc(Br)n1. The summed E-state index contributed by atoms with van der Waals surface area (Å²) in [5, 5.41) is 2.72. The van der Waals surface area contributed by atoms with Crippen LogP contribution in [0.5, 0.6) is 0 Å². The number of aromatic nitrogens is 1. The zero-order chi connectivity index (χ0) is 15.0. The number of ether oxygens (including phenoxy) is 1. The van der Waals surface area contributed by atoms with Crippen LogP contribution in [-0.2, 0) is 9.53 Å². The summed E-state index contributed by atoms with van der Waals surface area (Å²) < 4.78 is 5.47. The first-order chi connectivity index (χ1) is 9.54. The molecule has 0 aliphatic heterocycles. The van der Waals surface area contributed by atoms with Crippen molar-refractivity contribution in [3.8, 4) is 0 Å². The number of carbonyl (C=O) groups excluding carboxylic acids is 2. The molecule has 0 atom stereocenters. The van der Waals surface area contributed by atoms with Gasteiger partial charge in [0.1, 0.15) is 10.3 Å². The van der Waals surface area contributed by atoms with E-state index in [1.165, 1.54) is 4.90 Å². The number of nitrogens with zero attached hydrogens (tertiary/aromatic N) is 2. The third kappa shape index (κ3) is 5.66. The van der Waals surface area contributed by atoms with E-state index in [1.807, 2.05) is 0 Å². The normalized spacial score (nSPS) is 10.2. The van der Waals surface area contributed by atoms with Crippen LogP contribution in [-0.4, -0.2) is 55.6 Å². The predicted octanol–water partition coefficient (Wildman–Crippen LogP) is 1.07. The van der Waals surface area contributed by atoms with E-state index >= 15 is 0 Å². The summed E-state index contributed by atoms with van der Waals surface area (Å²) >= 11 is 3.21. The summed E-state index contributed by atoms with van der Waals surface area (Å²) in [6, 6.07) is 5.07. The maximum Gasteiger partial charge on any atom is 0.272 e. The number of likely N-dealkylation sites (N-methyl/N-ethyl adjacent to an activating group) is 1. The van der Waals surface area contributed by atoms with Gasteiger partial charge < -0.3 is 15.0 Å². The summed E-state index contributed by atoms with van der Waals surface area (Å²) in [7, 11) is 3.18. The van der Waals surface area contributed by atoms with E-state index in [4.69, 9.17) is 4.74 Å². The maximum absolute atomic E-state index is 12.1. The lowest BCUT2D eigenvalue weighted by atomic mass is 10.3. The van der Waals surface area contributed by atoms with Crippen molar-refractivity contribution in [1.29, 1.82) is 0 Å². The van der Waals surface area contributed by atoms with Gasteiger partial charge in [-0.25, -0.2) is 4.98 Å². The minimum atomic E-state index is -0.293. The fraction of sp³-hybridized carbons (Fsp3) is 0.462. The van der Waals surface area contributed by atoms with E-state index in [0.29, 0.717) is 23.4 Å². The largest absolute Gasteiger partial charge is 0.385 e. The molecule has 0 aromatic carbocycles. The van der Waals surface area contributed by atoms with Crippen molar-refractivity contribution in [2.45, 2.75) is 6.42 Å². The summed E-state index contributed by atoms with van der Waals surface area (Å²) in [6.07, 6.45) is 0.743. The lowest BCUT2D eigenvalue weighted by molar-refractivity contribution is -0.121. The summed E-state index contributed by atoms with van der Waals surface area (Å²) in [5.74, 6) is -0.495. The smallest absolute Gasteiger partial charge is 0.272 e. The molecule has 20 heavy (non-hydrogen) atoms. The van der Waals surface area contributed by atoms with Crippen molar-refractivity contribution in [2.75, 3.05) is 33.9 Å². The first kappa shape index (κ1) is 16.6. The molecule has 1 rings (SSSR count). The number of pyridine rings is 1. The van der Waals surface area contributed by atoms with Crippen LogP contribution in [0.4, 0.5) is 0 Å². The molecule has 0 bridgehead atoms. The number of halogens is 1. The van der Waals surface area contributed by atoms with Gasteiger partial charge in [-0.2, -0.15) is 0 Å². The highest BCUT2D eigenvalue weighted by molar-refractivity contribution is 9.10. The third-order valence-corrected chi connectivity index (χ3v) is 2.95. The highest BCUT2D eigenvalue weighted by Crippen LogP contribution is 2.07. The fourth-order valence-electron chi connectivity index (χ4n) is 1.51.